The lowest BCUT2D eigenvalue weighted by Crippen LogP contribution is -1.93. The highest BCUT2D eigenvalue weighted by atomic mass is 19.1. The van der Waals surface area contributed by atoms with Crippen molar-refractivity contribution in [2.75, 3.05) is 14.1 Å². The van der Waals surface area contributed by atoms with E-state index in [1.165, 1.54) is 13.2 Å². The van der Waals surface area contributed by atoms with Gasteiger partial charge in [-0.05, 0) is 0 Å². The molecule has 8 heavy (non-hydrogen) atoms. The summed E-state index contributed by atoms with van der Waals surface area (Å²) in [6, 6.07) is 0. The highest BCUT2D eigenvalue weighted by molar-refractivity contribution is 5.75. The normalized spacial score (nSPS) is 12.6. The molecule has 0 aliphatic rings. The molecule has 0 rings (SSSR count). The van der Waals surface area contributed by atoms with Crippen molar-refractivity contribution in [2.24, 2.45) is 4.99 Å². The Balaban J connectivity index is 3.61. The minimum atomic E-state index is -0.366. The summed E-state index contributed by atoms with van der Waals surface area (Å²) in [5, 5.41) is 2.52. The van der Waals surface area contributed by atoms with Crippen LogP contribution in [-0.4, -0.2) is 20.3 Å². The van der Waals surface area contributed by atoms with E-state index in [9.17, 15) is 4.39 Å². The molecule has 0 aliphatic carbocycles. The van der Waals surface area contributed by atoms with E-state index in [1.807, 2.05) is 0 Å². The van der Waals surface area contributed by atoms with Crippen molar-refractivity contribution in [1.82, 2.24) is 5.32 Å². The van der Waals surface area contributed by atoms with E-state index in [0.29, 0.717) is 0 Å². The molecule has 0 fully saturated rings. The highest BCUT2D eigenvalue weighted by Crippen LogP contribution is 1.85. The summed E-state index contributed by atoms with van der Waals surface area (Å²) < 4.78 is 12.1. The van der Waals surface area contributed by atoms with E-state index in [-0.39, 0.29) is 5.83 Å². The van der Waals surface area contributed by atoms with Crippen LogP contribution in [0.4, 0.5) is 4.39 Å². The smallest absolute Gasteiger partial charge is 0.156 e. The molecular formula is C5H9FN2. The minimum absolute atomic E-state index is 0.366. The fraction of sp³-hybridized carbons (Fsp3) is 0.400. The molecule has 3 heteroatoms. The fourth-order valence-corrected chi connectivity index (χ4v) is 0.298. The Labute approximate surface area is 48.1 Å². The van der Waals surface area contributed by atoms with Crippen LogP contribution in [0.2, 0.25) is 0 Å². The topological polar surface area (TPSA) is 24.4 Å². The molecule has 0 bridgehead atoms. The molecule has 0 aromatic rings. The second-order valence-corrected chi connectivity index (χ2v) is 1.21. The van der Waals surface area contributed by atoms with Gasteiger partial charge >= 0.3 is 0 Å². The molecule has 2 nitrogen and oxygen atoms in total. The Kier molecular flexibility index (Phi) is 3.84. The first-order valence-corrected chi connectivity index (χ1v) is 2.26. The second-order valence-electron chi connectivity index (χ2n) is 1.21. The molecule has 1 N–H and O–H groups in total. The zero-order valence-electron chi connectivity index (χ0n) is 4.98. The maximum absolute atomic E-state index is 12.1. The first-order chi connectivity index (χ1) is 3.81. The Bertz CT molecular complexity index is 107. The van der Waals surface area contributed by atoms with Crippen LogP contribution in [0.3, 0.4) is 0 Å². The van der Waals surface area contributed by atoms with Gasteiger partial charge in [0.15, 0.2) is 5.83 Å². The van der Waals surface area contributed by atoms with Gasteiger partial charge in [-0.3, -0.25) is 4.99 Å². The van der Waals surface area contributed by atoms with Crippen molar-refractivity contribution >= 4 is 6.21 Å². The van der Waals surface area contributed by atoms with Gasteiger partial charge in [0.2, 0.25) is 0 Å². The molecule has 0 heterocycles. The van der Waals surface area contributed by atoms with Gasteiger partial charge in [-0.25, -0.2) is 4.39 Å². The quantitative estimate of drug-likeness (QED) is 0.528. The second kappa shape index (κ2) is 4.30. The zero-order valence-corrected chi connectivity index (χ0v) is 4.98. The van der Waals surface area contributed by atoms with Gasteiger partial charge in [0.05, 0.1) is 6.21 Å². The first-order valence-electron chi connectivity index (χ1n) is 2.26. The van der Waals surface area contributed by atoms with Crippen LogP contribution in [0.15, 0.2) is 17.0 Å². The number of nitrogens with zero attached hydrogens (tertiary/aromatic N) is 1. The van der Waals surface area contributed by atoms with Crippen LogP contribution in [0.25, 0.3) is 0 Å². The number of aliphatic imine (C=N–C) groups is 1. The summed E-state index contributed by atoms with van der Waals surface area (Å²) in [7, 11) is 3.14. The van der Waals surface area contributed by atoms with Crippen molar-refractivity contribution in [3.63, 3.8) is 0 Å². The summed E-state index contributed by atoms with van der Waals surface area (Å²) in [6.07, 6.45) is 2.36. The molecule has 0 atom stereocenters. The van der Waals surface area contributed by atoms with Crippen molar-refractivity contribution in [3.05, 3.63) is 12.0 Å². The standard InChI is InChI=1S/C5H9FN2/c1-7-3-5(6)4-8-2/h3-4,7H,1-2H3/b5-3+,8-4-. The summed E-state index contributed by atoms with van der Waals surface area (Å²) in [5.74, 6) is -0.366. The van der Waals surface area contributed by atoms with E-state index in [1.54, 1.807) is 7.05 Å². The van der Waals surface area contributed by atoms with Crippen LogP contribution in [0, 0.1) is 0 Å². The predicted molar refractivity (Wildman–Crippen MR) is 32.7 cm³/mol. The summed E-state index contributed by atoms with van der Waals surface area (Å²) >= 11 is 0. The van der Waals surface area contributed by atoms with Crippen LogP contribution in [0.5, 0.6) is 0 Å². The van der Waals surface area contributed by atoms with Gasteiger partial charge in [-0.1, -0.05) is 0 Å². The molecule has 0 saturated heterocycles. The number of nitrogens with one attached hydrogen (secondary N) is 1. The molecule has 0 aliphatic heterocycles. The zero-order chi connectivity index (χ0) is 6.41. The third kappa shape index (κ3) is 3.33. The molecule has 0 spiro atoms. The summed E-state index contributed by atoms with van der Waals surface area (Å²) in [5.41, 5.74) is 0. The molecule has 0 aromatic carbocycles. The van der Waals surface area contributed by atoms with E-state index < -0.39 is 0 Å². The molecule has 0 unspecified atom stereocenters. The lowest BCUT2D eigenvalue weighted by atomic mass is 10.6. The molecule has 0 radical (unpaired) electrons. The number of hydrogen-bond acceptors (Lipinski definition) is 2. The third-order valence-electron chi connectivity index (χ3n) is 0.535. The molecule has 0 saturated carbocycles. The summed E-state index contributed by atoms with van der Waals surface area (Å²) in [4.78, 5) is 3.45. The van der Waals surface area contributed by atoms with Crippen molar-refractivity contribution in [1.29, 1.82) is 0 Å². The average Bonchev–Trinajstić information content (AvgIpc) is 1.68. The van der Waals surface area contributed by atoms with Gasteiger partial charge in [0.25, 0.3) is 0 Å². The van der Waals surface area contributed by atoms with Crippen LogP contribution in [-0.2, 0) is 0 Å². The SMILES string of the molecule is C/N=C\C(F)=C/NC. The number of halogens is 1. The van der Waals surface area contributed by atoms with Crippen molar-refractivity contribution < 1.29 is 4.39 Å². The van der Waals surface area contributed by atoms with Gasteiger partial charge < -0.3 is 5.32 Å². The molecule has 0 aromatic heterocycles. The van der Waals surface area contributed by atoms with Crippen molar-refractivity contribution in [2.45, 2.75) is 0 Å². The summed E-state index contributed by atoms with van der Waals surface area (Å²) in [6.45, 7) is 0. The monoisotopic (exact) mass is 116 g/mol. The van der Waals surface area contributed by atoms with Gasteiger partial charge in [0, 0.05) is 20.3 Å². The number of allylic oxidation sites excluding steroid dienone is 1. The number of hydrogen-bond donors (Lipinski definition) is 1. The molecular weight excluding hydrogens is 107 g/mol. The Morgan fingerprint density at radius 2 is 2.38 bits per heavy atom. The van der Waals surface area contributed by atoms with Crippen molar-refractivity contribution in [3.8, 4) is 0 Å². The third-order valence-corrected chi connectivity index (χ3v) is 0.535. The maximum atomic E-state index is 12.1. The fourth-order valence-electron chi connectivity index (χ4n) is 0.298. The molecule has 46 valence electrons. The van der Waals surface area contributed by atoms with Gasteiger partial charge in [0.1, 0.15) is 0 Å². The Morgan fingerprint density at radius 3 is 2.75 bits per heavy atom. The van der Waals surface area contributed by atoms with Crippen LogP contribution in [0.1, 0.15) is 0 Å². The number of rotatable bonds is 2. The van der Waals surface area contributed by atoms with E-state index >= 15 is 0 Å². The highest BCUT2D eigenvalue weighted by Gasteiger charge is 1.80. The van der Waals surface area contributed by atoms with E-state index in [2.05, 4.69) is 10.3 Å². The Morgan fingerprint density at radius 1 is 1.75 bits per heavy atom. The maximum Gasteiger partial charge on any atom is 0.156 e. The van der Waals surface area contributed by atoms with E-state index in [0.717, 1.165) is 6.21 Å². The van der Waals surface area contributed by atoms with Gasteiger partial charge in [-0.15, -0.1) is 0 Å². The minimum Gasteiger partial charge on any atom is -0.392 e. The van der Waals surface area contributed by atoms with Crippen LogP contribution >= 0.6 is 0 Å². The predicted octanol–water partition coefficient (Wildman–Crippen LogP) is 0.717. The first kappa shape index (κ1) is 7.14. The van der Waals surface area contributed by atoms with Gasteiger partial charge in [-0.2, -0.15) is 0 Å². The van der Waals surface area contributed by atoms with Crippen LogP contribution < -0.4 is 5.32 Å². The lowest BCUT2D eigenvalue weighted by molar-refractivity contribution is 0.676. The van der Waals surface area contributed by atoms with E-state index in [4.69, 9.17) is 0 Å². The molecule has 0 amide bonds. The lowest BCUT2D eigenvalue weighted by Gasteiger charge is -1.83. The average molecular weight is 116 g/mol. The Hall–Kier alpha value is -0.860. The largest absolute Gasteiger partial charge is 0.392 e.